The number of amides is 2. The van der Waals surface area contributed by atoms with Gasteiger partial charge in [-0.2, -0.15) is 0 Å². The Bertz CT molecular complexity index is 1340. The molecule has 1 aliphatic heterocycles. The smallest absolute Gasteiger partial charge is 0.247 e. The quantitative estimate of drug-likeness (QED) is 0.115. The van der Waals surface area contributed by atoms with Gasteiger partial charge in [-0.15, -0.1) is 0 Å². The lowest BCUT2D eigenvalue weighted by molar-refractivity contribution is -0.180. The number of halogens is 1. The molecule has 12 nitrogen and oxygen atoms in total. The Kier molecular flexibility index (Phi) is 10.1. The molecular formula is C31H41ClN4O8. The third-order valence-corrected chi connectivity index (χ3v) is 9.14. The monoisotopic (exact) mass is 632 g/mol. The molecule has 3 aliphatic rings. The number of hydroxylamine groups is 2. The molecular weight excluding hydrogens is 592 g/mol. The Labute approximate surface area is 261 Å². The van der Waals surface area contributed by atoms with Crippen molar-refractivity contribution in [2.45, 2.75) is 81.1 Å². The molecule has 7 N–H and O–H groups in total. The summed E-state index contributed by atoms with van der Waals surface area (Å²) in [4.78, 5) is 30.6. The van der Waals surface area contributed by atoms with Crippen molar-refractivity contribution in [3.63, 3.8) is 0 Å². The molecule has 2 aromatic rings. The molecule has 5 rings (SSSR count). The summed E-state index contributed by atoms with van der Waals surface area (Å²) in [6.45, 7) is 0.267. The van der Waals surface area contributed by atoms with Gasteiger partial charge in [0, 0.05) is 37.1 Å². The maximum atomic E-state index is 13.8. The van der Waals surface area contributed by atoms with Crippen LogP contribution in [0.3, 0.4) is 0 Å². The summed E-state index contributed by atoms with van der Waals surface area (Å²) in [5.41, 5.74) is 2.95. The number of nitrogens with one attached hydrogen (secondary N) is 1. The van der Waals surface area contributed by atoms with Crippen molar-refractivity contribution < 1.29 is 40.3 Å². The first-order valence-electron chi connectivity index (χ1n) is 15.1. The first kappa shape index (κ1) is 32.6. The van der Waals surface area contributed by atoms with E-state index in [-0.39, 0.29) is 23.8 Å². The highest BCUT2D eigenvalue weighted by atomic mass is 35.5. The van der Waals surface area contributed by atoms with E-state index in [4.69, 9.17) is 16.7 Å². The predicted octanol–water partition coefficient (Wildman–Crippen LogP) is 0.564. The van der Waals surface area contributed by atoms with Crippen LogP contribution in [0.1, 0.15) is 43.2 Å². The fourth-order valence-electron chi connectivity index (χ4n) is 5.72. The number of aryl methyl sites for hydroxylation is 1. The van der Waals surface area contributed by atoms with Gasteiger partial charge in [0.1, 0.15) is 24.4 Å². The first-order chi connectivity index (χ1) is 21.0. The van der Waals surface area contributed by atoms with E-state index >= 15 is 0 Å². The van der Waals surface area contributed by atoms with Gasteiger partial charge in [0.15, 0.2) is 0 Å². The number of anilines is 2. The lowest BCUT2D eigenvalue weighted by Gasteiger charge is -2.39. The summed E-state index contributed by atoms with van der Waals surface area (Å²) < 4.78 is 0. The van der Waals surface area contributed by atoms with Gasteiger partial charge in [-0.25, -0.2) is 5.06 Å². The molecule has 4 atom stereocenters. The van der Waals surface area contributed by atoms with Gasteiger partial charge < -0.3 is 35.3 Å². The zero-order chi connectivity index (χ0) is 31.6. The van der Waals surface area contributed by atoms with E-state index in [1.165, 1.54) is 12.8 Å². The number of rotatable bonds is 14. The summed E-state index contributed by atoms with van der Waals surface area (Å²) in [5, 5.41) is 62.3. The average molecular weight is 633 g/mol. The van der Waals surface area contributed by atoms with Gasteiger partial charge in [-0.3, -0.25) is 20.1 Å². The van der Waals surface area contributed by atoms with Gasteiger partial charge in [0.25, 0.3) is 0 Å². The second-order valence-electron chi connectivity index (χ2n) is 12.0. The molecule has 0 aromatic heterocycles. The number of nitrogens with zero attached hydrogens (tertiary/aromatic N) is 3. The third kappa shape index (κ3) is 7.19. The standard InChI is InChI=1S/C31H41ClN4O8/c32-22-9-5-19(6-10-27(40)36(44)17-25(38)28(41)29(42)26(39)18-37)15-20(22)16-33-31(11-12-31)30(43)35-14-13-34(21-7-8-21)23-3-1-2-4-24(23)35/h1-5,9,15,21,25-26,28-29,33,37-39,41-42,44H,6-8,10-14,16-18H2/t25-,26+,28+,29-/m0/s1. The zero-order valence-electron chi connectivity index (χ0n) is 24.4. The Morgan fingerprint density at radius 1 is 1.00 bits per heavy atom. The lowest BCUT2D eigenvalue weighted by atomic mass is 10.0. The molecule has 240 valence electrons. The molecule has 0 saturated heterocycles. The second kappa shape index (κ2) is 13.7. The van der Waals surface area contributed by atoms with E-state index in [2.05, 4.69) is 16.3 Å². The molecule has 1 heterocycles. The maximum Gasteiger partial charge on any atom is 0.247 e. The van der Waals surface area contributed by atoms with Crippen LogP contribution in [0.25, 0.3) is 0 Å². The number of carbonyl (C=O) groups excluding carboxylic acids is 2. The highest BCUT2D eigenvalue weighted by Gasteiger charge is 2.52. The SMILES string of the molecule is O=C(CCc1ccc(Cl)c(CNC2(C(=O)N3CCN(C4CC4)c4ccccc43)CC2)c1)N(O)C[C@H](O)[C@@H](O)[C@@H](O)[C@H](O)CO. The summed E-state index contributed by atoms with van der Waals surface area (Å²) in [6, 6.07) is 14.0. The van der Waals surface area contributed by atoms with E-state index in [0.29, 0.717) is 24.2 Å². The van der Waals surface area contributed by atoms with Crippen LogP contribution in [0.4, 0.5) is 11.4 Å². The summed E-state index contributed by atoms with van der Waals surface area (Å²) in [5.74, 6) is -0.667. The van der Waals surface area contributed by atoms with Crippen LogP contribution in [0.5, 0.6) is 0 Å². The van der Waals surface area contributed by atoms with Crippen molar-refractivity contribution in [2.24, 2.45) is 0 Å². The van der Waals surface area contributed by atoms with Gasteiger partial charge in [-0.05, 0) is 61.4 Å². The third-order valence-electron chi connectivity index (χ3n) is 8.77. The van der Waals surface area contributed by atoms with Gasteiger partial charge in [-0.1, -0.05) is 35.9 Å². The van der Waals surface area contributed by atoms with Crippen molar-refractivity contribution in [2.75, 3.05) is 36.0 Å². The number of carbonyl (C=O) groups is 2. The van der Waals surface area contributed by atoms with E-state index in [1.807, 2.05) is 29.2 Å². The van der Waals surface area contributed by atoms with Crippen LogP contribution in [0.2, 0.25) is 5.02 Å². The molecule has 13 heteroatoms. The van der Waals surface area contributed by atoms with Crippen LogP contribution in [0, 0.1) is 0 Å². The maximum absolute atomic E-state index is 13.8. The highest BCUT2D eigenvalue weighted by molar-refractivity contribution is 6.31. The topological polar surface area (TPSA) is 177 Å². The number of hydrogen-bond donors (Lipinski definition) is 7. The van der Waals surface area contributed by atoms with Gasteiger partial charge in [0.05, 0.1) is 30.1 Å². The number of benzene rings is 2. The van der Waals surface area contributed by atoms with Crippen molar-refractivity contribution in [3.8, 4) is 0 Å². The van der Waals surface area contributed by atoms with E-state index in [1.54, 1.807) is 12.1 Å². The number of aliphatic hydroxyl groups is 5. The van der Waals surface area contributed by atoms with E-state index in [0.717, 1.165) is 41.9 Å². The molecule has 2 saturated carbocycles. The number of aliphatic hydroxyl groups excluding tert-OH is 5. The van der Waals surface area contributed by atoms with Crippen molar-refractivity contribution in [1.29, 1.82) is 0 Å². The Balaban J connectivity index is 1.15. The Hall–Kier alpha value is -2.81. The fourth-order valence-corrected chi connectivity index (χ4v) is 5.91. The summed E-state index contributed by atoms with van der Waals surface area (Å²) in [6.07, 6.45) is -3.25. The number of hydrogen-bond acceptors (Lipinski definition) is 10. The molecule has 0 spiro atoms. The normalized spacial score (nSPS) is 20.0. The van der Waals surface area contributed by atoms with Gasteiger partial charge >= 0.3 is 0 Å². The molecule has 2 aromatic carbocycles. The second-order valence-corrected chi connectivity index (χ2v) is 12.4. The minimum atomic E-state index is -1.89. The van der Waals surface area contributed by atoms with E-state index < -0.39 is 49.0 Å². The van der Waals surface area contributed by atoms with Crippen molar-refractivity contribution in [1.82, 2.24) is 10.4 Å². The number of para-hydroxylation sites is 2. The van der Waals surface area contributed by atoms with E-state index in [9.17, 15) is 35.2 Å². The number of fused-ring (bicyclic) bond motifs is 1. The molecule has 0 unspecified atom stereocenters. The predicted molar refractivity (Wildman–Crippen MR) is 162 cm³/mol. The van der Waals surface area contributed by atoms with Crippen molar-refractivity contribution in [3.05, 3.63) is 58.6 Å². The Morgan fingerprint density at radius 2 is 1.68 bits per heavy atom. The Morgan fingerprint density at radius 3 is 2.34 bits per heavy atom. The largest absolute Gasteiger partial charge is 0.394 e. The van der Waals surface area contributed by atoms with Crippen molar-refractivity contribution >= 4 is 34.8 Å². The van der Waals surface area contributed by atoms with Crippen LogP contribution in [-0.4, -0.2) is 110 Å². The highest BCUT2D eigenvalue weighted by Crippen LogP contribution is 2.44. The first-order valence-corrected chi connectivity index (χ1v) is 15.4. The molecule has 44 heavy (non-hydrogen) atoms. The van der Waals surface area contributed by atoms with Crippen LogP contribution in [0.15, 0.2) is 42.5 Å². The minimum absolute atomic E-state index is 0.0620. The zero-order valence-corrected chi connectivity index (χ0v) is 25.2. The van der Waals surface area contributed by atoms with Crippen LogP contribution < -0.4 is 15.1 Å². The lowest BCUT2D eigenvalue weighted by Crippen LogP contribution is -2.53. The van der Waals surface area contributed by atoms with Crippen LogP contribution in [-0.2, 0) is 22.6 Å². The summed E-state index contributed by atoms with van der Waals surface area (Å²) >= 11 is 6.49. The molecule has 2 aliphatic carbocycles. The van der Waals surface area contributed by atoms with Crippen LogP contribution >= 0.6 is 11.6 Å². The summed E-state index contributed by atoms with van der Waals surface area (Å²) in [7, 11) is 0. The minimum Gasteiger partial charge on any atom is -0.394 e. The molecule has 2 fully saturated rings. The average Bonchev–Trinajstić information content (AvgIpc) is 3.97. The molecule has 2 amide bonds. The molecule has 0 radical (unpaired) electrons. The van der Waals surface area contributed by atoms with Gasteiger partial charge in [0.2, 0.25) is 11.8 Å². The molecule has 0 bridgehead atoms. The fraction of sp³-hybridized carbons (Fsp3) is 0.548.